The summed E-state index contributed by atoms with van der Waals surface area (Å²) < 4.78 is 0. The molecule has 0 heterocycles. The van der Waals surface area contributed by atoms with Crippen LogP contribution in [0.3, 0.4) is 0 Å². The molecule has 0 saturated carbocycles. The number of nitrogens with zero attached hydrogens (tertiary/aromatic N) is 1. The van der Waals surface area contributed by atoms with E-state index in [1.165, 1.54) is 11.1 Å². The topological polar surface area (TPSA) is 23.8 Å². The highest BCUT2D eigenvalue weighted by Gasteiger charge is 2.05. The SMILES string of the molecule is Cc1ccc(-c2ccc(C#N)c(Cl)c2)c(C)c1. The van der Waals surface area contributed by atoms with E-state index in [0.29, 0.717) is 10.6 Å². The van der Waals surface area contributed by atoms with Crippen molar-refractivity contribution >= 4 is 11.6 Å². The largest absolute Gasteiger partial charge is 0.192 e. The molecule has 1 nitrogen and oxygen atoms in total. The third-order valence-corrected chi connectivity index (χ3v) is 3.10. The van der Waals surface area contributed by atoms with Crippen molar-refractivity contribution in [1.29, 1.82) is 5.26 Å². The zero-order valence-electron chi connectivity index (χ0n) is 9.79. The molecule has 0 amide bonds. The number of halogens is 1. The van der Waals surface area contributed by atoms with E-state index in [-0.39, 0.29) is 0 Å². The molecule has 0 radical (unpaired) electrons. The van der Waals surface area contributed by atoms with Gasteiger partial charge in [0.05, 0.1) is 10.6 Å². The minimum atomic E-state index is 0.505. The van der Waals surface area contributed by atoms with Gasteiger partial charge >= 0.3 is 0 Å². The summed E-state index contributed by atoms with van der Waals surface area (Å²) in [6.07, 6.45) is 0. The minimum Gasteiger partial charge on any atom is -0.192 e. The molecule has 0 saturated heterocycles. The molecule has 2 aromatic rings. The third kappa shape index (κ3) is 2.33. The second-order valence-electron chi connectivity index (χ2n) is 4.12. The zero-order valence-corrected chi connectivity index (χ0v) is 10.5. The van der Waals surface area contributed by atoms with Crippen LogP contribution in [-0.2, 0) is 0 Å². The number of hydrogen-bond acceptors (Lipinski definition) is 1. The van der Waals surface area contributed by atoms with Gasteiger partial charge < -0.3 is 0 Å². The van der Waals surface area contributed by atoms with Gasteiger partial charge in [-0.25, -0.2) is 0 Å². The van der Waals surface area contributed by atoms with E-state index >= 15 is 0 Å². The Kier molecular flexibility index (Phi) is 3.17. The monoisotopic (exact) mass is 241 g/mol. The summed E-state index contributed by atoms with van der Waals surface area (Å²) in [5.74, 6) is 0. The molecule has 0 aliphatic heterocycles. The van der Waals surface area contributed by atoms with E-state index < -0.39 is 0 Å². The summed E-state index contributed by atoms with van der Waals surface area (Å²) in [6, 6.07) is 13.9. The van der Waals surface area contributed by atoms with Crippen molar-refractivity contribution in [2.24, 2.45) is 0 Å². The highest BCUT2D eigenvalue weighted by molar-refractivity contribution is 6.32. The third-order valence-electron chi connectivity index (χ3n) is 2.78. The number of benzene rings is 2. The normalized spacial score (nSPS) is 10.0. The predicted octanol–water partition coefficient (Wildman–Crippen LogP) is 4.50. The Morgan fingerprint density at radius 2 is 1.82 bits per heavy atom. The molecule has 84 valence electrons. The van der Waals surface area contributed by atoms with Crippen LogP contribution in [0.1, 0.15) is 16.7 Å². The van der Waals surface area contributed by atoms with Crippen LogP contribution in [0.25, 0.3) is 11.1 Å². The van der Waals surface area contributed by atoms with Crippen molar-refractivity contribution < 1.29 is 0 Å². The van der Waals surface area contributed by atoms with Crippen molar-refractivity contribution in [3.8, 4) is 17.2 Å². The first-order chi connectivity index (χ1) is 8.11. The van der Waals surface area contributed by atoms with Crippen LogP contribution in [0.2, 0.25) is 5.02 Å². The summed E-state index contributed by atoms with van der Waals surface area (Å²) in [4.78, 5) is 0. The van der Waals surface area contributed by atoms with E-state index in [1.807, 2.05) is 12.1 Å². The van der Waals surface area contributed by atoms with Gasteiger partial charge in [0.1, 0.15) is 6.07 Å². The van der Waals surface area contributed by atoms with Crippen LogP contribution in [0, 0.1) is 25.2 Å². The average Bonchev–Trinajstić information content (AvgIpc) is 2.29. The van der Waals surface area contributed by atoms with Crippen LogP contribution in [0.5, 0.6) is 0 Å². The molecule has 0 aromatic heterocycles. The van der Waals surface area contributed by atoms with E-state index in [4.69, 9.17) is 16.9 Å². The summed E-state index contributed by atoms with van der Waals surface area (Å²) >= 11 is 6.04. The first kappa shape index (κ1) is 11.7. The fourth-order valence-electron chi connectivity index (χ4n) is 1.91. The smallest absolute Gasteiger partial charge is 0.101 e. The van der Waals surface area contributed by atoms with Gasteiger partial charge in [-0.2, -0.15) is 5.26 Å². The maximum Gasteiger partial charge on any atom is 0.101 e. The Labute approximate surface area is 106 Å². The van der Waals surface area contributed by atoms with Gasteiger partial charge in [0, 0.05) is 0 Å². The first-order valence-corrected chi connectivity index (χ1v) is 5.77. The van der Waals surface area contributed by atoms with Crippen LogP contribution < -0.4 is 0 Å². The maximum atomic E-state index is 8.84. The van der Waals surface area contributed by atoms with E-state index in [9.17, 15) is 0 Å². The lowest BCUT2D eigenvalue weighted by atomic mass is 9.98. The second-order valence-corrected chi connectivity index (χ2v) is 4.53. The molecule has 2 heteroatoms. The second kappa shape index (κ2) is 4.61. The number of aryl methyl sites for hydroxylation is 2. The Morgan fingerprint density at radius 1 is 1.06 bits per heavy atom. The molecule has 0 atom stereocenters. The summed E-state index contributed by atoms with van der Waals surface area (Å²) in [5, 5.41) is 9.34. The van der Waals surface area contributed by atoms with Crippen LogP contribution in [0.15, 0.2) is 36.4 Å². The van der Waals surface area contributed by atoms with Gasteiger partial charge in [0.25, 0.3) is 0 Å². The van der Waals surface area contributed by atoms with E-state index in [0.717, 1.165) is 11.1 Å². The molecule has 0 bridgehead atoms. The Bertz CT molecular complexity index is 609. The fraction of sp³-hybridized carbons (Fsp3) is 0.133. The van der Waals surface area contributed by atoms with E-state index in [2.05, 4.69) is 38.1 Å². The summed E-state index contributed by atoms with van der Waals surface area (Å²) in [5.41, 5.74) is 5.17. The fourth-order valence-corrected chi connectivity index (χ4v) is 2.13. The maximum absolute atomic E-state index is 8.84. The molecule has 0 aliphatic rings. The summed E-state index contributed by atoms with van der Waals surface area (Å²) in [6.45, 7) is 4.15. The predicted molar refractivity (Wildman–Crippen MR) is 71.1 cm³/mol. The van der Waals surface area contributed by atoms with Crippen LogP contribution >= 0.6 is 11.6 Å². The van der Waals surface area contributed by atoms with Crippen molar-refractivity contribution in [1.82, 2.24) is 0 Å². The number of rotatable bonds is 1. The summed E-state index contributed by atoms with van der Waals surface area (Å²) in [7, 11) is 0. The molecule has 0 aliphatic carbocycles. The molecule has 2 aromatic carbocycles. The van der Waals surface area contributed by atoms with Gasteiger partial charge in [0.2, 0.25) is 0 Å². The lowest BCUT2D eigenvalue weighted by molar-refractivity contribution is 1.38. The lowest BCUT2D eigenvalue weighted by Crippen LogP contribution is -1.86. The van der Waals surface area contributed by atoms with Gasteiger partial charge in [-0.3, -0.25) is 0 Å². The minimum absolute atomic E-state index is 0.505. The first-order valence-electron chi connectivity index (χ1n) is 5.39. The quantitative estimate of drug-likeness (QED) is 0.721. The Morgan fingerprint density at radius 3 is 2.41 bits per heavy atom. The number of nitriles is 1. The van der Waals surface area contributed by atoms with E-state index in [1.54, 1.807) is 6.07 Å². The van der Waals surface area contributed by atoms with Crippen molar-refractivity contribution in [2.45, 2.75) is 13.8 Å². The molecule has 0 fully saturated rings. The molecular formula is C15H12ClN. The van der Waals surface area contributed by atoms with Gasteiger partial charge in [0.15, 0.2) is 0 Å². The van der Waals surface area contributed by atoms with Gasteiger partial charge in [-0.15, -0.1) is 0 Å². The zero-order chi connectivity index (χ0) is 12.4. The van der Waals surface area contributed by atoms with Gasteiger partial charge in [-0.1, -0.05) is 41.4 Å². The molecule has 0 unspecified atom stereocenters. The Balaban J connectivity index is 2.54. The highest BCUT2D eigenvalue weighted by atomic mass is 35.5. The standard InChI is InChI=1S/C15H12ClN/c1-10-3-6-14(11(2)7-10)12-4-5-13(9-17)15(16)8-12/h3-8H,1-2H3. The molecular weight excluding hydrogens is 230 g/mol. The highest BCUT2D eigenvalue weighted by Crippen LogP contribution is 2.28. The molecule has 0 N–H and O–H groups in total. The molecule has 17 heavy (non-hydrogen) atoms. The Hall–Kier alpha value is -1.78. The van der Waals surface area contributed by atoms with Crippen LogP contribution in [0.4, 0.5) is 0 Å². The lowest BCUT2D eigenvalue weighted by Gasteiger charge is -2.08. The van der Waals surface area contributed by atoms with Crippen molar-refractivity contribution in [3.05, 3.63) is 58.1 Å². The van der Waals surface area contributed by atoms with Crippen molar-refractivity contribution in [2.75, 3.05) is 0 Å². The van der Waals surface area contributed by atoms with Gasteiger partial charge in [-0.05, 0) is 42.7 Å². The van der Waals surface area contributed by atoms with Crippen molar-refractivity contribution in [3.63, 3.8) is 0 Å². The molecule has 2 rings (SSSR count). The number of hydrogen-bond donors (Lipinski definition) is 0. The average molecular weight is 242 g/mol. The molecule has 0 spiro atoms. The van der Waals surface area contributed by atoms with Crippen LogP contribution in [-0.4, -0.2) is 0 Å².